The van der Waals surface area contributed by atoms with E-state index in [1.54, 1.807) is 24.8 Å². The van der Waals surface area contributed by atoms with Crippen molar-refractivity contribution in [1.29, 1.82) is 0 Å². The Kier molecular flexibility index (Phi) is 3.51. The van der Waals surface area contributed by atoms with Crippen LogP contribution in [0.15, 0.2) is 73.3 Å². The van der Waals surface area contributed by atoms with Gasteiger partial charge in [0.15, 0.2) is 0 Å². The number of rotatable bonds is 2. The number of pyridine rings is 2. The number of carbonyl (C=O) groups is 1. The molecule has 4 aromatic rings. The Labute approximate surface area is 138 Å². The fraction of sp³-hybridized carbons (Fsp3) is 0. The van der Waals surface area contributed by atoms with Gasteiger partial charge in [0.25, 0.3) is 0 Å². The Bertz CT molecular complexity index is 952. The molecule has 2 amide bonds. The molecule has 2 heterocycles. The third-order valence-corrected chi connectivity index (χ3v) is 3.86. The summed E-state index contributed by atoms with van der Waals surface area (Å²) in [4.78, 5) is 20.6. The highest BCUT2D eigenvalue weighted by Crippen LogP contribution is 2.24. The molecule has 0 atom stereocenters. The van der Waals surface area contributed by atoms with Gasteiger partial charge in [-0.1, -0.05) is 24.3 Å². The molecule has 0 aliphatic rings. The zero-order valence-electron chi connectivity index (χ0n) is 12.7. The van der Waals surface area contributed by atoms with E-state index in [2.05, 4.69) is 20.6 Å². The molecule has 2 aromatic carbocycles. The normalized spacial score (nSPS) is 10.7. The zero-order chi connectivity index (χ0) is 16.4. The van der Waals surface area contributed by atoms with Crippen molar-refractivity contribution in [2.75, 3.05) is 10.6 Å². The van der Waals surface area contributed by atoms with Crippen molar-refractivity contribution < 1.29 is 4.79 Å². The second-order valence-electron chi connectivity index (χ2n) is 5.38. The predicted octanol–water partition coefficient (Wildman–Crippen LogP) is 4.43. The summed E-state index contributed by atoms with van der Waals surface area (Å²) in [7, 11) is 0. The molecule has 24 heavy (non-hydrogen) atoms. The lowest BCUT2D eigenvalue weighted by atomic mass is 10.1. The molecule has 4 rings (SSSR count). The highest BCUT2D eigenvalue weighted by molar-refractivity contribution is 6.09. The van der Waals surface area contributed by atoms with Crippen LogP contribution in [-0.4, -0.2) is 16.0 Å². The van der Waals surface area contributed by atoms with Gasteiger partial charge in [-0.3, -0.25) is 9.97 Å². The molecule has 5 heteroatoms. The van der Waals surface area contributed by atoms with Crippen LogP contribution in [0, 0.1) is 0 Å². The maximum Gasteiger partial charge on any atom is 0.323 e. The Balaban J connectivity index is 1.62. The van der Waals surface area contributed by atoms with Crippen molar-refractivity contribution in [1.82, 2.24) is 9.97 Å². The monoisotopic (exact) mass is 314 g/mol. The summed E-state index contributed by atoms with van der Waals surface area (Å²) in [5, 5.41) is 9.66. The SMILES string of the molecule is O=C(Nc1cccc2cnccc12)Nc1cccc2cnccc12. The maximum absolute atomic E-state index is 12.4. The molecular weight excluding hydrogens is 300 g/mol. The van der Waals surface area contributed by atoms with Gasteiger partial charge in [-0.15, -0.1) is 0 Å². The standard InChI is InChI=1S/C19H14N4O/c24-19(22-17-5-1-3-13-11-20-9-7-15(13)17)23-18-6-2-4-14-12-21-10-8-16(14)18/h1-12H,(H2,22,23,24). The minimum absolute atomic E-state index is 0.288. The molecular formula is C19H14N4O. The van der Waals surface area contributed by atoms with E-state index in [0.29, 0.717) is 0 Å². The number of carbonyl (C=O) groups excluding carboxylic acids is 1. The van der Waals surface area contributed by atoms with E-state index < -0.39 is 0 Å². The van der Waals surface area contributed by atoms with Crippen molar-refractivity contribution in [3.8, 4) is 0 Å². The predicted molar refractivity (Wildman–Crippen MR) is 96.1 cm³/mol. The average Bonchev–Trinajstić information content (AvgIpc) is 2.62. The minimum Gasteiger partial charge on any atom is -0.307 e. The number of benzene rings is 2. The first-order valence-electron chi connectivity index (χ1n) is 7.55. The third-order valence-electron chi connectivity index (χ3n) is 3.86. The molecule has 0 aliphatic carbocycles. The van der Waals surface area contributed by atoms with Gasteiger partial charge >= 0.3 is 6.03 Å². The molecule has 0 saturated carbocycles. The number of aromatic nitrogens is 2. The van der Waals surface area contributed by atoms with Crippen LogP contribution >= 0.6 is 0 Å². The molecule has 0 spiro atoms. The van der Waals surface area contributed by atoms with Gasteiger partial charge in [-0.25, -0.2) is 4.79 Å². The van der Waals surface area contributed by atoms with Crippen LogP contribution in [0.25, 0.3) is 21.5 Å². The van der Waals surface area contributed by atoms with Crippen LogP contribution in [-0.2, 0) is 0 Å². The Hall–Kier alpha value is -3.47. The number of hydrogen-bond acceptors (Lipinski definition) is 3. The Morgan fingerprint density at radius 1 is 0.708 bits per heavy atom. The molecule has 2 aromatic heterocycles. The molecule has 0 aliphatic heterocycles. The highest BCUT2D eigenvalue weighted by atomic mass is 16.2. The highest BCUT2D eigenvalue weighted by Gasteiger charge is 2.08. The molecule has 2 N–H and O–H groups in total. The number of urea groups is 1. The number of fused-ring (bicyclic) bond motifs is 2. The van der Waals surface area contributed by atoms with Crippen molar-refractivity contribution in [2.24, 2.45) is 0 Å². The van der Waals surface area contributed by atoms with Gasteiger partial charge in [0, 0.05) is 46.3 Å². The smallest absolute Gasteiger partial charge is 0.307 e. The number of amides is 2. The van der Waals surface area contributed by atoms with Crippen molar-refractivity contribution in [3.63, 3.8) is 0 Å². The van der Waals surface area contributed by atoms with Gasteiger partial charge in [-0.2, -0.15) is 0 Å². The quantitative estimate of drug-likeness (QED) is 0.575. The van der Waals surface area contributed by atoms with Crippen LogP contribution in [0.4, 0.5) is 16.2 Å². The summed E-state index contributed by atoms with van der Waals surface area (Å²) in [6.45, 7) is 0. The van der Waals surface area contributed by atoms with Crippen LogP contribution in [0.5, 0.6) is 0 Å². The van der Waals surface area contributed by atoms with Crippen LogP contribution < -0.4 is 10.6 Å². The van der Waals surface area contributed by atoms with Crippen LogP contribution in [0.1, 0.15) is 0 Å². The molecule has 5 nitrogen and oxygen atoms in total. The van der Waals surface area contributed by atoms with E-state index in [0.717, 1.165) is 32.9 Å². The van der Waals surface area contributed by atoms with E-state index in [1.165, 1.54) is 0 Å². The fourth-order valence-corrected chi connectivity index (χ4v) is 2.74. The van der Waals surface area contributed by atoms with Gasteiger partial charge in [0.05, 0.1) is 11.4 Å². The zero-order valence-corrected chi connectivity index (χ0v) is 12.7. The van der Waals surface area contributed by atoms with Gasteiger partial charge in [0.1, 0.15) is 0 Å². The number of nitrogens with zero attached hydrogens (tertiary/aromatic N) is 2. The van der Waals surface area contributed by atoms with E-state index in [4.69, 9.17) is 0 Å². The molecule has 0 unspecified atom stereocenters. The second kappa shape index (κ2) is 5.96. The van der Waals surface area contributed by atoms with Crippen molar-refractivity contribution >= 4 is 39.0 Å². The molecule has 0 saturated heterocycles. The van der Waals surface area contributed by atoms with Gasteiger partial charge in [-0.05, 0) is 24.3 Å². The van der Waals surface area contributed by atoms with E-state index in [1.807, 2.05) is 48.5 Å². The van der Waals surface area contributed by atoms with Gasteiger partial charge in [0.2, 0.25) is 0 Å². The molecule has 0 radical (unpaired) electrons. The lowest BCUT2D eigenvalue weighted by Gasteiger charge is -2.11. The fourth-order valence-electron chi connectivity index (χ4n) is 2.74. The first-order chi connectivity index (χ1) is 11.8. The molecule has 0 fully saturated rings. The van der Waals surface area contributed by atoms with Crippen LogP contribution in [0.3, 0.4) is 0 Å². The summed E-state index contributed by atoms with van der Waals surface area (Å²) >= 11 is 0. The Morgan fingerprint density at radius 3 is 1.71 bits per heavy atom. The van der Waals surface area contributed by atoms with E-state index in [9.17, 15) is 4.79 Å². The first-order valence-corrected chi connectivity index (χ1v) is 7.55. The Morgan fingerprint density at radius 2 is 1.21 bits per heavy atom. The summed E-state index contributed by atoms with van der Waals surface area (Å²) in [6, 6.07) is 14.9. The number of nitrogens with one attached hydrogen (secondary N) is 2. The molecule has 116 valence electrons. The summed E-state index contributed by atoms with van der Waals surface area (Å²) in [6.07, 6.45) is 6.97. The second-order valence-corrected chi connectivity index (χ2v) is 5.38. The summed E-state index contributed by atoms with van der Waals surface area (Å²) < 4.78 is 0. The first kappa shape index (κ1) is 14.1. The third kappa shape index (κ3) is 2.63. The molecule has 0 bridgehead atoms. The number of anilines is 2. The summed E-state index contributed by atoms with van der Waals surface area (Å²) in [5.74, 6) is 0. The average molecular weight is 314 g/mol. The minimum atomic E-state index is -0.288. The van der Waals surface area contributed by atoms with Crippen LogP contribution in [0.2, 0.25) is 0 Å². The lowest BCUT2D eigenvalue weighted by Crippen LogP contribution is -2.19. The van der Waals surface area contributed by atoms with E-state index >= 15 is 0 Å². The lowest BCUT2D eigenvalue weighted by molar-refractivity contribution is 0.262. The largest absolute Gasteiger partial charge is 0.323 e. The maximum atomic E-state index is 12.4. The van der Waals surface area contributed by atoms with Crippen molar-refractivity contribution in [2.45, 2.75) is 0 Å². The topological polar surface area (TPSA) is 66.9 Å². The van der Waals surface area contributed by atoms with Gasteiger partial charge < -0.3 is 10.6 Å². The summed E-state index contributed by atoms with van der Waals surface area (Å²) in [5.41, 5.74) is 1.49. The van der Waals surface area contributed by atoms with E-state index in [-0.39, 0.29) is 6.03 Å². The van der Waals surface area contributed by atoms with Crippen molar-refractivity contribution in [3.05, 3.63) is 73.3 Å². The number of hydrogen-bond donors (Lipinski definition) is 2.